The molecule has 1 aromatic carbocycles. The van der Waals surface area contributed by atoms with Gasteiger partial charge in [-0.15, -0.1) is 0 Å². The van der Waals surface area contributed by atoms with Crippen molar-refractivity contribution in [2.24, 2.45) is 0 Å². The number of carboxylic acids is 1. The third kappa shape index (κ3) is 2.89. The van der Waals surface area contributed by atoms with Crippen molar-refractivity contribution >= 4 is 5.97 Å². The van der Waals surface area contributed by atoms with Gasteiger partial charge in [-0.3, -0.25) is 4.90 Å². The van der Waals surface area contributed by atoms with Crippen LogP contribution in [0, 0.1) is 0 Å². The van der Waals surface area contributed by atoms with Crippen LogP contribution in [0.2, 0.25) is 0 Å². The number of benzene rings is 1. The average molecular weight is 248 g/mol. The van der Waals surface area contributed by atoms with Crippen LogP contribution in [0.5, 0.6) is 0 Å². The molecule has 0 saturated carbocycles. The zero-order chi connectivity index (χ0) is 13.0. The SMILES string of the molecule is CC[C@H]1CNCCN1Cc1ccccc1C(=O)O. The van der Waals surface area contributed by atoms with Gasteiger partial charge in [0.2, 0.25) is 0 Å². The maximum absolute atomic E-state index is 11.2. The second-order valence-corrected chi connectivity index (χ2v) is 4.70. The fourth-order valence-corrected chi connectivity index (χ4v) is 2.50. The molecular formula is C14H20N2O2. The lowest BCUT2D eigenvalue weighted by molar-refractivity contribution is 0.0692. The van der Waals surface area contributed by atoms with E-state index in [1.54, 1.807) is 12.1 Å². The number of carbonyl (C=O) groups is 1. The second-order valence-electron chi connectivity index (χ2n) is 4.70. The maximum Gasteiger partial charge on any atom is 0.336 e. The van der Waals surface area contributed by atoms with Gasteiger partial charge >= 0.3 is 5.97 Å². The first kappa shape index (κ1) is 13.1. The van der Waals surface area contributed by atoms with Crippen molar-refractivity contribution in [3.05, 3.63) is 35.4 Å². The summed E-state index contributed by atoms with van der Waals surface area (Å²) in [4.78, 5) is 13.6. The number of hydrogen-bond donors (Lipinski definition) is 2. The Hall–Kier alpha value is -1.39. The second kappa shape index (κ2) is 5.98. The van der Waals surface area contributed by atoms with Crippen LogP contribution < -0.4 is 5.32 Å². The van der Waals surface area contributed by atoms with E-state index in [9.17, 15) is 9.90 Å². The van der Waals surface area contributed by atoms with Crippen LogP contribution in [-0.2, 0) is 6.54 Å². The van der Waals surface area contributed by atoms with Crippen molar-refractivity contribution in [2.45, 2.75) is 25.9 Å². The summed E-state index contributed by atoms with van der Waals surface area (Å²) in [5, 5.41) is 12.6. The largest absolute Gasteiger partial charge is 0.478 e. The van der Waals surface area contributed by atoms with Gasteiger partial charge in [0.1, 0.15) is 0 Å². The standard InChI is InChI=1S/C14H20N2O2/c1-2-12-9-15-7-8-16(12)10-11-5-3-4-6-13(11)14(17)18/h3-6,12,15H,2,7-10H2,1H3,(H,17,18)/t12-/m0/s1. The lowest BCUT2D eigenvalue weighted by atomic mass is 10.0. The minimum atomic E-state index is -0.839. The van der Waals surface area contributed by atoms with Gasteiger partial charge < -0.3 is 10.4 Å². The van der Waals surface area contributed by atoms with E-state index in [0.29, 0.717) is 11.6 Å². The number of nitrogens with zero attached hydrogens (tertiary/aromatic N) is 1. The third-order valence-electron chi connectivity index (χ3n) is 3.56. The molecule has 0 unspecified atom stereocenters. The average Bonchev–Trinajstić information content (AvgIpc) is 2.40. The molecule has 98 valence electrons. The number of aromatic carboxylic acids is 1. The van der Waals surface area contributed by atoms with E-state index in [1.807, 2.05) is 12.1 Å². The quantitative estimate of drug-likeness (QED) is 0.849. The number of carboxylic acid groups (broad SMARTS) is 1. The molecule has 1 aliphatic rings. The summed E-state index contributed by atoms with van der Waals surface area (Å²) in [6.45, 7) is 5.85. The van der Waals surface area contributed by atoms with E-state index in [1.165, 1.54) is 0 Å². The molecule has 2 N–H and O–H groups in total. The molecule has 2 rings (SSSR count). The summed E-state index contributed by atoms with van der Waals surface area (Å²) in [5.41, 5.74) is 1.33. The minimum absolute atomic E-state index is 0.422. The van der Waals surface area contributed by atoms with Crippen LogP contribution in [0.3, 0.4) is 0 Å². The molecule has 1 aliphatic heterocycles. The van der Waals surface area contributed by atoms with E-state index in [0.717, 1.165) is 38.2 Å². The number of rotatable bonds is 4. The molecule has 0 bridgehead atoms. The third-order valence-corrected chi connectivity index (χ3v) is 3.56. The molecule has 4 nitrogen and oxygen atoms in total. The molecule has 0 spiro atoms. The van der Waals surface area contributed by atoms with Crippen molar-refractivity contribution in [3.8, 4) is 0 Å². The molecule has 1 fully saturated rings. The fourth-order valence-electron chi connectivity index (χ4n) is 2.50. The van der Waals surface area contributed by atoms with Crippen LogP contribution >= 0.6 is 0 Å². The molecule has 0 aliphatic carbocycles. The lowest BCUT2D eigenvalue weighted by Gasteiger charge is -2.35. The van der Waals surface area contributed by atoms with Gasteiger partial charge in [0.15, 0.2) is 0 Å². The minimum Gasteiger partial charge on any atom is -0.478 e. The van der Waals surface area contributed by atoms with Crippen LogP contribution in [0.15, 0.2) is 24.3 Å². The highest BCUT2D eigenvalue weighted by Crippen LogP contribution is 2.16. The summed E-state index contributed by atoms with van der Waals surface area (Å²) >= 11 is 0. The summed E-state index contributed by atoms with van der Waals surface area (Å²) in [7, 11) is 0. The Labute approximate surface area is 108 Å². The molecule has 1 atom stereocenters. The molecule has 1 aromatic rings. The van der Waals surface area contributed by atoms with E-state index >= 15 is 0 Å². The zero-order valence-corrected chi connectivity index (χ0v) is 10.7. The summed E-state index contributed by atoms with van der Waals surface area (Å²) in [5.74, 6) is -0.839. The Morgan fingerprint density at radius 3 is 3.00 bits per heavy atom. The maximum atomic E-state index is 11.2. The molecule has 1 heterocycles. The van der Waals surface area contributed by atoms with E-state index in [2.05, 4.69) is 17.1 Å². The first-order chi connectivity index (χ1) is 8.72. The highest BCUT2D eigenvalue weighted by atomic mass is 16.4. The van der Waals surface area contributed by atoms with Gasteiger partial charge in [-0.2, -0.15) is 0 Å². The van der Waals surface area contributed by atoms with Crippen LogP contribution in [-0.4, -0.2) is 41.7 Å². The lowest BCUT2D eigenvalue weighted by Crippen LogP contribution is -2.50. The molecular weight excluding hydrogens is 228 g/mol. The Bertz CT molecular complexity index is 420. The van der Waals surface area contributed by atoms with E-state index in [4.69, 9.17) is 0 Å². The van der Waals surface area contributed by atoms with Crippen molar-refractivity contribution in [1.82, 2.24) is 10.2 Å². The van der Waals surface area contributed by atoms with Crippen molar-refractivity contribution in [2.75, 3.05) is 19.6 Å². The van der Waals surface area contributed by atoms with Crippen LogP contribution in [0.25, 0.3) is 0 Å². The molecule has 0 amide bonds. The topological polar surface area (TPSA) is 52.6 Å². The molecule has 1 saturated heterocycles. The van der Waals surface area contributed by atoms with Gasteiger partial charge in [-0.05, 0) is 18.1 Å². The molecule has 4 heteroatoms. The normalized spacial score (nSPS) is 20.8. The number of nitrogens with one attached hydrogen (secondary N) is 1. The van der Waals surface area contributed by atoms with Crippen molar-refractivity contribution < 1.29 is 9.90 Å². The predicted octanol–water partition coefficient (Wildman–Crippen LogP) is 1.57. The first-order valence-electron chi connectivity index (χ1n) is 6.48. The van der Waals surface area contributed by atoms with Gasteiger partial charge in [-0.1, -0.05) is 25.1 Å². The van der Waals surface area contributed by atoms with Gasteiger partial charge in [-0.25, -0.2) is 4.79 Å². The molecule has 18 heavy (non-hydrogen) atoms. The Balaban J connectivity index is 2.15. The Morgan fingerprint density at radius 1 is 1.50 bits per heavy atom. The van der Waals surface area contributed by atoms with Gasteiger partial charge in [0.05, 0.1) is 5.56 Å². The van der Waals surface area contributed by atoms with Crippen molar-refractivity contribution in [3.63, 3.8) is 0 Å². The van der Waals surface area contributed by atoms with Crippen LogP contribution in [0.1, 0.15) is 29.3 Å². The first-order valence-corrected chi connectivity index (χ1v) is 6.48. The number of hydrogen-bond acceptors (Lipinski definition) is 3. The molecule has 0 aromatic heterocycles. The molecule has 0 radical (unpaired) electrons. The highest BCUT2D eigenvalue weighted by Gasteiger charge is 2.22. The summed E-state index contributed by atoms with van der Waals surface area (Å²) in [6.07, 6.45) is 1.09. The highest BCUT2D eigenvalue weighted by molar-refractivity contribution is 5.89. The zero-order valence-electron chi connectivity index (χ0n) is 10.7. The summed E-state index contributed by atoms with van der Waals surface area (Å²) < 4.78 is 0. The van der Waals surface area contributed by atoms with Crippen LogP contribution in [0.4, 0.5) is 0 Å². The van der Waals surface area contributed by atoms with Gasteiger partial charge in [0.25, 0.3) is 0 Å². The fraction of sp³-hybridized carbons (Fsp3) is 0.500. The number of piperazine rings is 1. The van der Waals surface area contributed by atoms with Crippen molar-refractivity contribution in [1.29, 1.82) is 0 Å². The van der Waals surface area contributed by atoms with Gasteiger partial charge in [0, 0.05) is 32.2 Å². The smallest absolute Gasteiger partial charge is 0.336 e. The predicted molar refractivity (Wildman–Crippen MR) is 70.8 cm³/mol. The van der Waals surface area contributed by atoms with E-state index < -0.39 is 5.97 Å². The monoisotopic (exact) mass is 248 g/mol. The van der Waals surface area contributed by atoms with E-state index in [-0.39, 0.29) is 0 Å². The summed E-state index contributed by atoms with van der Waals surface area (Å²) in [6, 6.07) is 7.78. The Kier molecular flexibility index (Phi) is 4.33. The Morgan fingerprint density at radius 2 is 2.28 bits per heavy atom.